The van der Waals surface area contributed by atoms with Gasteiger partial charge in [0.25, 0.3) is 0 Å². The maximum Gasteiger partial charge on any atom is 0.243 e. The van der Waals surface area contributed by atoms with Crippen LogP contribution in [0.4, 0.5) is 11.5 Å². The van der Waals surface area contributed by atoms with E-state index in [2.05, 4.69) is 10.5 Å². The van der Waals surface area contributed by atoms with E-state index in [1.807, 2.05) is 84.9 Å². The third kappa shape index (κ3) is 3.51. The van der Waals surface area contributed by atoms with Crippen LogP contribution in [0.15, 0.2) is 90.0 Å². The minimum atomic E-state index is -0.000344. The molecule has 1 aliphatic heterocycles. The van der Waals surface area contributed by atoms with Crippen molar-refractivity contribution >= 4 is 45.4 Å². The lowest BCUT2D eigenvalue weighted by Crippen LogP contribution is -2.29. The van der Waals surface area contributed by atoms with Crippen molar-refractivity contribution in [2.75, 3.05) is 16.1 Å². The standard InChI is InChI=1S/C23H17N5OS/c29-20-15-30-23(28(20)17-11-5-2-6-12-17)27-26-22-21(16-9-3-1-4-10-16)24-18-13-7-8-14-19(18)25-22/h1-14H,15H2,(H,25,26)/b27-23+. The molecule has 1 N–H and O–H groups in total. The van der Waals surface area contributed by atoms with E-state index < -0.39 is 0 Å². The number of carbonyl (C=O) groups is 1. The van der Waals surface area contributed by atoms with Gasteiger partial charge in [-0.1, -0.05) is 72.4 Å². The molecule has 0 bridgehead atoms. The normalized spacial score (nSPS) is 15.1. The predicted octanol–water partition coefficient (Wildman–Crippen LogP) is 4.76. The number of para-hydroxylation sites is 3. The third-order valence-corrected chi connectivity index (χ3v) is 5.58. The van der Waals surface area contributed by atoms with Crippen molar-refractivity contribution in [3.05, 3.63) is 84.9 Å². The molecule has 1 saturated heterocycles. The zero-order valence-electron chi connectivity index (χ0n) is 15.9. The van der Waals surface area contributed by atoms with Crippen LogP contribution in [0.1, 0.15) is 0 Å². The average Bonchev–Trinajstić information content (AvgIpc) is 3.18. The number of nitrogens with zero attached hydrogens (tertiary/aromatic N) is 4. The van der Waals surface area contributed by atoms with Gasteiger partial charge in [-0.2, -0.15) is 0 Å². The lowest BCUT2D eigenvalue weighted by molar-refractivity contribution is -0.115. The smallest absolute Gasteiger partial charge is 0.243 e. The molecule has 1 aromatic heterocycles. The molecular formula is C23H17N5OS. The molecule has 2 heterocycles. The lowest BCUT2D eigenvalue weighted by Gasteiger charge is -2.16. The van der Waals surface area contributed by atoms with Gasteiger partial charge in [-0.3, -0.25) is 15.1 Å². The Kier molecular flexibility index (Phi) is 4.86. The number of carbonyl (C=O) groups excluding carboxylic acids is 1. The Morgan fingerprint density at radius 3 is 2.20 bits per heavy atom. The van der Waals surface area contributed by atoms with E-state index in [0.717, 1.165) is 22.3 Å². The molecule has 30 heavy (non-hydrogen) atoms. The van der Waals surface area contributed by atoms with Gasteiger partial charge in [0.2, 0.25) is 5.91 Å². The second-order valence-electron chi connectivity index (χ2n) is 6.64. The highest BCUT2D eigenvalue weighted by molar-refractivity contribution is 8.15. The highest BCUT2D eigenvalue weighted by atomic mass is 32.2. The topological polar surface area (TPSA) is 70.5 Å². The molecule has 7 heteroatoms. The molecule has 6 nitrogen and oxygen atoms in total. The van der Waals surface area contributed by atoms with Crippen molar-refractivity contribution in [3.63, 3.8) is 0 Å². The molecule has 0 aliphatic carbocycles. The number of hydrogen-bond acceptors (Lipinski definition) is 6. The number of hydrogen-bond donors (Lipinski definition) is 1. The highest BCUT2D eigenvalue weighted by Gasteiger charge is 2.29. The van der Waals surface area contributed by atoms with Crippen molar-refractivity contribution in [3.8, 4) is 11.3 Å². The highest BCUT2D eigenvalue weighted by Crippen LogP contribution is 2.29. The number of anilines is 2. The minimum absolute atomic E-state index is 0.000344. The minimum Gasteiger partial charge on any atom is -0.273 e. The average molecular weight is 411 g/mol. The van der Waals surface area contributed by atoms with Gasteiger partial charge in [-0.15, -0.1) is 5.10 Å². The molecule has 1 aliphatic rings. The number of thioether (sulfide) groups is 1. The van der Waals surface area contributed by atoms with Gasteiger partial charge < -0.3 is 0 Å². The van der Waals surface area contributed by atoms with Crippen LogP contribution >= 0.6 is 11.8 Å². The van der Waals surface area contributed by atoms with Crippen molar-refractivity contribution in [2.24, 2.45) is 5.10 Å². The molecule has 0 radical (unpaired) electrons. The van der Waals surface area contributed by atoms with Crippen LogP contribution in [-0.4, -0.2) is 26.8 Å². The summed E-state index contributed by atoms with van der Waals surface area (Å²) in [5.41, 5.74) is 7.09. The van der Waals surface area contributed by atoms with Gasteiger partial charge in [0.15, 0.2) is 11.0 Å². The quantitative estimate of drug-likeness (QED) is 0.490. The molecule has 0 saturated carbocycles. The van der Waals surface area contributed by atoms with E-state index in [4.69, 9.17) is 9.97 Å². The molecule has 1 amide bonds. The lowest BCUT2D eigenvalue weighted by atomic mass is 10.1. The van der Waals surface area contributed by atoms with E-state index in [-0.39, 0.29) is 5.91 Å². The van der Waals surface area contributed by atoms with Gasteiger partial charge in [0.05, 0.1) is 22.5 Å². The Balaban J connectivity index is 1.55. The summed E-state index contributed by atoms with van der Waals surface area (Å²) in [7, 11) is 0. The predicted molar refractivity (Wildman–Crippen MR) is 122 cm³/mol. The fourth-order valence-corrected chi connectivity index (χ4v) is 4.08. The molecule has 4 aromatic rings. The fraction of sp³-hybridized carbons (Fsp3) is 0.0435. The molecular weight excluding hydrogens is 394 g/mol. The summed E-state index contributed by atoms with van der Waals surface area (Å²) in [5.74, 6) is 0.893. The first-order valence-corrected chi connectivity index (χ1v) is 10.4. The van der Waals surface area contributed by atoms with Gasteiger partial charge in [-0.05, 0) is 24.3 Å². The fourth-order valence-electron chi connectivity index (χ4n) is 3.25. The zero-order chi connectivity index (χ0) is 20.3. The number of amidine groups is 1. The molecule has 146 valence electrons. The zero-order valence-corrected chi connectivity index (χ0v) is 16.7. The molecule has 0 spiro atoms. The van der Waals surface area contributed by atoms with E-state index >= 15 is 0 Å². The summed E-state index contributed by atoms with van der Waals surface area (Å²) in [5, 5.41) is 5.11. The Morgan fingerprint density at radius 1 is 0.833 bits per heavy atom. The summed E-state index contributed by atoms with van der Waals surface area (Å²) in [6, 6.07) is 27.1. The van der Waals surface area contributed by atoms with Crippen LogP contribution < -0.4 is 10.3 Å². The Labute approximate surface area is 177 Å². The first-order chi connectivity index (χ1) is 14.8. The van der Waals surface area contributed by atoms with Crippen LogP contribution in [0.2, 0.25) is 0 Å². The third-order valence-electron chi connectivity index (χ3n) is 4.66. The van der Waals surface area contributed by atoms with Crippen LogP contribution in [0.25, 0.3) is 22.3 Å². The monoisotopic (exact) mass is 411 g/mol. The summed E-state index contributed by atoms with van der Waals surface area (Å²) in [6.07, 6.45) is 0. The number of nitrogens with one attached hydrogen (secondary N) is 1. The second-order valence-corrected chi connectivity index (χ2v) is 7.58. The van der Waals surface area contributed by atoms with Crippen molar-refractivity contribution < 1.29 is 4.79 Å². The number of rotatable bonds is 4. The van der Waals surface area contributed by atoms with Crippen molar-refractivity contribution in [1.29, 1.82) is 0 Å². The molecule has 0 atom stereocenters. The molecule has 1 fully saturated rings. The van der Waals surface area contributed by atoms with E-state index in [1.165, 1.54) is 11.8 Å². The summed E-state index contributed by atoms with van der Waals surface area (Å²) in [6.45, 7) is 0. The van der Waals surface area contributed by atoms with Gasteiger partial charge in [0, 0.05) is 5.56 Å². The maximum atomic E-state index is 12.4. The maximum absolute atomic E-state index is 12.4. The molecule has 3 aromatic carbocycles. The Morgan fingerprint density at radius 2 is 1.47 bits per heavy atom. The molecule has 5 rings (SSSR count). The summed E-state index contributed by atoms with van der Waals surface area (Å²) in [4.78, 5) is 23.6. The van der Waals surface area contributed by atoms with Crippen molar-refractivity contribution in [1.82, 2.24) is 9.97 Å². The second kappa shape index (κ2) is 7.96. The van der Waals surface area contributed by atoms with E-state index in [9.17, 15) is 4.79 Å². The first-order valence-electron chi connectivity index (χ1n) is 9.46. The number of aromatic nitrogens is 2. The van der Waals surface area contributed by atoms with Crippen LogP contribution in [0.3, 0.4) is 0 Å². The first kappa shape index (κ1) is 18.3. The van der Waals surface area contributed by atoms with Gasteiger partial charge in [0.1, 0.15) is 5.69 Å². The summed E-state index contributed by atoms with van der Waals surface area (Å²) < 4.78 is 0. The number of fused-ring (bicyclic) bond motifs is 1. The van der Waals surface area contributed by atoms with Crippen LogP contribution in [-0.2, 0) is 4.79 Å². The van der Waals surface area contributed by atoms with E-state index in [0.29, 0.717) is 22.4 Å². The van der Waals surface area contributed by atoms with Gasteiger partial charge in [-0.25, -0.2) is 9.97 Å². The van der Waals surface area contributed by atoms with Gasteiger partial charge >= 0.3 is 0 Å². The van der Waals surface area contributed by atoms with Crippen molar-refractivity contribution in [2.45, 2.75) is 0 Å². The molecule has 0 unspecified atom stereocenters. The number of benzene rings is 3. The largest absolute Gasteiger partial charge is 0.273 e. The van der Waals surface area contributed by atoms with Crippen LogP contribution in [0, 0.1) is 0 Å². The van der Waals surface area contributed by atoms with E-state index in [1.54, 1.807) is 4.90 Å². The summed E-state index contributed by atoms with van der Waals surface area (Å²) >= 11 is 1.39. The SMILES string of the molecule is O=C1CS/C(=N/Nc2nc3ccccc3nc2-c2ccccc2)N1c1ccccc1. The number of hydrazone groups is 1. The van der Waals surface area contributed by atoms with Crippen LogP contribution in [0.5, 0.6) is 0 Å². The Bertz CT molecular complexity index is 1240. The number of amides is 1. The Hall–Kier alpha value is -3.71.